The molecule has 0 aliphatic carbocycles. The Morgan fingerprint density at radius 3 is 3.21 bits per heavy atom. The molecule has 4 heteroatoms. The summed E-state index contributed by atoms with van der Waals surface area (Å²) in [5.41, 5.74) is 1.30. The number of thiophene rings is 1. The molecule has 14 heavy (non-hydrogen) atoms. The Kier molecular flexibility index (Phi) is 2.12. The first kappa shape index (κ1) is 8.59. The molecule has 3 rings (SSSR count). The van der Waals surface area contributed by atoms with Crippen molar-refractivity contribution in [2.75, 3.05) is 6.54 Å². The molecule has 0 unspecified atom stereocenters. The number of thiazole rings is 1. The second kappa shape index (κ2) is 3.46. The average Bonchev–Trinajstić information content (AvgIpc) is 2.86. The summed E-state index contributed by atoms with van der Waals surface area (Å²) < 4.78 is 0. The Bertz CT molecular complexity index is 407. The fourth-order valence-electron chi connectivity index (χ4n) is 1.63. The summed E-state index contributed by atoms with van der Waals surface area (Å²) in [7, 11) is 0. The van der Waals surface area contributed by atoms with E-state index < -0.39 is 0 Å². The molecular weight excluding hydrogens is 212 g/mol. The quantitative estimate of drug-likeness (QED) is 0.802. The highest BCUT2D eigenvalue weighted by Gasteiger charge is 2.15. The molecule has 0 amide bonds. The predicted octanol–water partition coefficient (Wildman–Crippen LogP) is 2.52. The molecule has 2 nitrogen and oxygen atoms in total. The molecule has 1 aliphatic rings. The van der Waals surface area contributed by atoms with Gasteiger partial charge in [-0.25, -0.2) is 4.98 Å². The van der Waals surface area contributed by atoms with Gasteiger partial charge >= 0.3 is 0 Å². The Balaban J connectivity index is 2.04. The van der Waals surface area contributed by atoms with Crippen molar-refractivity contribution in [1.82, 2.24) is 10.3 Å². The molecule has 1 N–H and O–H groups in total. The number of rotatable bonds is 1. The summed E-state index contributed by atoms with van der Waals surface area (Å²) in [6.45, 7) is 2.07. The van der Waals surface area contributed by atoms with Crippen molar-refractivity contribution in [2.45, 2.75) is 13.0 Å². The van der Waals surface area contributed by atoms with Gasteiger partial charge in [-0.05, 0) is 11.4 Å². The van der Waals surface area contributed by atoms with Crippen LogP contribution in [0, 0.1) is 0 Å². The number of hydrogen-bond donors (Lipinski definition) is 1. The summed E-state index contributed by atoms with van der Waals surface area (Å²) in [4.78, 5) is 7.39. The standard InChI is InChI=1S/C10H10N2S2/c1-2-8(13-5-1)10-12-7-3-4-11-6-9(7)14-10/h1-2,5,11H,3-4,6H2. The Morgan fingerprint density at radius 2 is 2.43 bits per heavy atom. The maximum absolute atomic E-state index is 4.68. The topological polar surface area (TPSA) is 24.9 Å². The lowest BCUT2D eigenvalue weighted by Gasteiger charge is -2.09. The molecule has 0 spiro atoms. The smallest absolute Gasteiger partial charge is 0.133 e. The van der Waals surface area contributed by atoms with Crippen LogP contribution < -0.4 is 5.32 Å². The summed E-state index contributed by atoms with van der Waals surface area (Å²) in [6.07, 6.45) is 1.08. The predicted molar refractivity (Wildman–Crippen MR) is 60.8 cm³/mol. The number of nitrogens with zero attached hydrogens (tertiary/aromatic N) is 1. The zero-order valence-corrected chi connectivity index (χ0v) is 9.25. The molecule has 0 saturated heterocycles. The first-order valence-corrected chi connectivity index (χ1v) is 6.36. The van der Waals surface area contributed by atoms with Crippen molar-refractivity contribution in [2.24, 2.45) is 0 Å². The minimum absolute atomic E-state index is 0.998. The van der Waals surface area contributed by atoms with Crippen molar-refractivity contribution in [1.29, 1.82) is 0 Å². The fourth-order valence-corrected chi connectivity index (χ4v) is 3.51. The molecule has 0 saturated carbocycles. The lowest BCUT2D eigenvalue weighted by atomic mass is 10.2. The summed E-state index contributed by atoms with van der Waals surface area (Å²) in [5.74, 6) is 0. The largest absolute Gasteiger partial charge is 0.311 e. The van der Waals surface area contributed by atoms with Gasteiger partial charge in [0.1, 0.15) is 5.01 Å². The van der Waals surface area contributed by atoms with Crippen LogP contribution in [0.25, 0.3) is 9.88 Å². The number of fused-ring (bicyclic) bond motifs is 1. The first-order valence-electron chi connectivity index (χ1n) is 4.66. The molecular formula is C10H10N2S2. The Labute approximate surface area is 90.6 Å². The van der Waals surface area contributed by atoms with Gasteiger partial charge in [0.2, 0.25) is 0 Å². The third-order valence-electron chi connectivity index (χ3n) is 2.33. The van der Waals surface area contributed by atoms with E-state index in [0.29, 0.717) is 0 Å². The number of aromatic nitrogens is 1. The van der Waals surface area contributed by atoms with E-state index in [2.05, 4.69) is 27.8 Å². The Hall–Kier alpha value is -0.710. The van der Waals surface area contributed by atoms with Gasteiger partial charge in [0.15, 0.2) is 0 Å². The zero-order chi connectivity index (χ0) is 9.38. The highest BCUT2D eigenvalue weighted by atomic mass is 32.1. The highest BCUT2D eigenvalue weighted by Crippen LogP contribution is 2.32. The van der Waals surface area contributed by atoms with Crippen LogP contribution in [0.3, 0.4) is 0 Å². The van der Waals surface area contributed by atoms with Crippen LogP contribution in [0.4, 0.5) is 0 Å². The number of nitrogens with one attached hydrogen (secondary N) is 1. The van der Waals surface area contributed by atoms with Gasteiger partial charge in [-0.3, -0.25) is 0 Å². The van der Waals surface area contributed by atoms with Gasteiger partial charge in [-0.2, -0.15) is 0 Å². The molecule has 0 bridgehead atoms. The molecule has 2 aromatic rings. The van der Waals surface area contributed by atoms with Crippen LogP contribution >= 0.6 is 22.7 Å². The average molecular weight is 222 g/mol. The van der Waals surface area contributed by atoms with Gasteiger partial charge in [-0.1, -0.05) is 6.07 Å². The molecule has 0 fully saturated rings. The van der Waals surface area contributed by atoms with E-state index >= 15 is 0 Å². The monoisotopic (exact) mass is 222 g/mol. The van der Waals surface area contributed by atoms with Crippen molar-refractivity contribution in [3.63, 3.8) is 0 Å². The minimum Gasteiger partial charge on any atom is -0.311 e. The molecule has 3 heterocycles. The summed E-state index contributed by atoms with van der Waals surface area (Å²) >= 11 is 3.60. The lowest BCUT2D eigenvalue weighted by Crippen LogP contribution is -2.22. The van der Waals surface area contributed by atoms with E-state index in [0.717, 1.165) is 19.5 Å². The normalized spacial score (nSPS) is 15.4. The van der Waals surface area contributed by atoms with Gasteiger partial charge in [-0.15, -0.1) is 22.7 Å². The molecule has 2 aromatic heterocycles. The summed E-state index contributed by atoms with van der Waals surface area (Å²) in [6, 6.07) is 4.22. The fraction of sp³-hybridized carbons (Fsp3) is 0.300. The van der Waals surface area contributed by atoms with Crippen molar-refractivity contribution in [3.8, 4) is 9.88 Å². The first-order chi connectivity index (χ1) is 6.93. The van der Waals surface area contributed by atoms with Crippen LogP contribution in [-0.2, 0) is 13.0 Å². The highest BCUT2D eigenvalue weighted by molar-refractivity contribution is 7.21. The van der Waals surface area contributed by atoms with Gasteiger partial charge in [0.25, 0.3) is 0 Å². The van der Waals surface area contributed by atoms with Crippen molar-refractivity contribution >= 4 is 22.7 Å². The molecule has 0 atom stereocenters. The van der Waals surface area contributed by atoms with E-state index in [9.17, 15) is 0 Å². The van der Waals surface area contributed by atoms with E-state index in [-0.39, 0.29) is 0 Å². The second-order valence-corrected chi connectivity index (χ2v) is 5.32. The van der Waals surface area contributed by atoms with Crippen LogP contribution in [0.15, 0.2) is 17.5 Å². The van der Waals surface area contributed by atoms with Crippen molar-refractivity contribution in [3.05, 3.63) is 28.1 Å². The van der Waals surface area contributed by atoms with Crippen molar-refractivity contribution < 1.29 is 0 Å². The molecule has 0 radical (unpaired) electrons. The number of hydrogen-bond acceptors (Lipinski definition) is 4. The third kappa shape index (κ3) is 1.39. The van der Waals surface area contributed by atoms with E-state index in [4.69, 9.17) is 0 Å². The van der Waals surface area contributed by atoms with E-state index in [1.807, 2.05) is 11.3 Å². The lowest BCUT2D eigenvalue weighted by molar-refractivity contribution is 0.644. The van der Waals surface area contributed by atoms with Crippen LogP contribution in [0.5, 0.6) is 0 Å². The van der Waals surface area contributed by atoms with E-state index in [1.54, 1.807) is 11.3 Å². The van der Waals surface area contributed by atoms with Gasteiger partial charge in [0.05, 0.1) is 10.6 Å². The maximum Gasteiger partial charge on any atom is 0.133 e. The minimum atomic E-state index is 0.998. The van der Waals surface area contributed by atoms with Crippen LogP contribution in [-0.4, -0.2) is 11.5 Å². The van der Waals surface area contributed by atoms with E-state index in [1.165, 1.54) is 20.5 Å². The zero-order valence-electron chi connectivity index (χ0n) is 7.62. The Morgan fingerprint density at radius 1 is 1.43 bits per heavy atom. The van der Waals surface area contributed by atoms with Gasteiger partial charge < -0.3 is 5.32 Å². The molecule has 72 valence electrons. The summed E-state index contributed by atoms with van der Waals surface area (Å²) in [5, 5.41) is 6.67. The van der Waals surface area contributed by atoms with Crippen LogP contribution in [0.2, 0.25) is 0 Å². The SMILES string of the molecule is c1csc(-c2nc3c(s2)CNCC3)c1. The molecule has 1 aliphatic heterocycles. The molecule has 0 aromatic carbocycles. The second-order valence-electron chi connectivity index (χ2n) is 3.29. The maximum atomic E-state index is 4.68. The van der Waals surface area contributed by atoms with Gasteiger partial charge in [0, 0.05) is 24.4 Å². The third-order valence-corrected chi connectivity index (χ3v) is 4.47. The van der Waals surface area contributed by atoms with Crippen LogP contribution in [0.1, 0.15) is 10.6 Å².